The normalized spacial score (nSPS) is 14.2. The number of carbonyl (C=O) groups excluding carboxylic acids is 1. The minimum Gasteiger partial charge on any atom is -0.338 e. The molecule has 0 unspecified atom stereocenters. The van der Waals surface area contributed by atoms with Gasteiger partial charge in [-0.05, 0) is 30.5 Å². The summed E-state index contributed by atoms with van der Waals surface area (Å²) in [6.07, 6.45) is 3.82. The van der Waals surface area contributed by atoms with Crippen molar-refractivity contribution in [3.8, 4) is 5.69 Å². The maximum absolute atomic E-state index is 12.5. The van der Waals surface area contributed by atoms with Gasteiger partial charge >= 0.3 is 0 Å². The van der Waals surface area contributed by atoms with Gasteiger partial charge in [-0.15, -0.1) is 23.7 Å². The van der Waals surface area contributed by atoms with E-state index in [-0.39, 0.29) is 18.3 Å². The Bertz CT molecular complexity index is 852. The molecule has 5 nitrogen and oxygen atoms in total. The lowest BCUT2D eigenvalue weighted by molar-refractivity contribution is 0.0751. The number of hydrogen-bond acceptors (Lipinski definition) is 4. The van der Waals surface area contributed by atoms with E-state index in [9.17, 15) is 4.79 Å². The van der Waals surface area contributed by atoms with Crippen LogP contribution >= 0.6 is 23.7 Å². The van der Waals surface area contributed by atoms with Crippen molar-refractivity contribution >= 4 is 35.6 Å². The van der Waals surface area contributed by atoms with Crippen molar-refractivity contribution < 1.29 is 4.79 Å². The van der Waals surface area contributed by atoms with E-state index >= 15 is 0 Å². The Hall–Kier alpha value is -2.31. The second-order valence-corrected chi connectivity index (χ2v) is 7.14. The summed E-state index contributed by atoms with van der Waals surface area (Å²) >= 11 is 1.50. The number of nitrogens with zero attached hydrogens (tertiary/aromatic N) is 4. The molecule has 1 aromatic carbocycles. The maximum Gasteiger partial charge on any atom is 0.264 e. The Morgan fingerprint density at radius 3 is 2.46 bits per heavy atom. The smallest absolute Gasteiger partial charge is 0.264 e. The van der Waals surface area contributed by atoms with Gasteiger partial charge in [-0.1, -0.05) is 23.8 Å². The molecule has 0 spiro atoms. The molecule has 136 valence electrons. The molecule has 0 atom stereocenters. The van der Waals surface area contributed by atoms with Crippen LogP contribution in [0.5, 0.6) is 0 Å². The molecule has 0 N–H and O–H groups in total. The quantitative estimate of drug-likeness (QED) is 0.688. The molecule has 0 radical (unpaired) electrons. The van der Waals surface area contributed by atoms with E-state index < -0.39 is 0 Å². The van der Waals surface area contributed by atoms with E-state index in [1.807, 2.05) is 34.8 Å². The molecule has 0 bridgehead atoms. The Morgan fingerprint density at radius 1 is 1.08 bits per heavy atom. The number of aryl methyl sites for hydroxylation is 1. The highest BCUT2D eigenvalue weighted by Gasteiger charge is 2.24. The molecule has 4 rings (SSSR count). The topological polar surface area (TPSA) is 41.4 Å². The molecule has 26 heavy (non-hydrogen) atoms. The molecule has 1 amide bonds. The predicted molar refractivity (Wildman–Crippen MR) is 108 cm³/mol. The number of imidazole rings is 1. The zero-order valence-corrected chi connectivity index (χ0v) is 16.2. The first-order chi connectivity index (χ1) is 12.2. The molecule has 7 heteroatoms. The van der Waals surface area contributed by atoms with Crippen LogP contribution in [0.2, 0.25) is 0 Å². The Morgan fingerprint density at radius 2 is 1.81 bits per heavy atom. The summed E-state index contributed by atoms with van der Waals surface area (Å²) in [6, 6.07) is 12.2. The number of aromatic nitrogens is 2. The van der Waals surface area contributed by atoms with Crippen molar-refractivity contribution in [1.82, 2.24) is 14.5 Å². The lowest BCUT2D eigenvalue weighted by atomic mass is 10.2. The lowest BCUT2D eigenvalue weighted by Crippen LogP contribution is -2.49. The molecule has 1 fully saturated rings. The summed E-state index contributed by atoms with van der Waals surface area (Å²) < 4.78 is 2.11. The summed E-state index contributed by atoms with van der Waals surface area (Å²) in [7, 11) is 0. The largest absolute Gasteiger partial charge is 0.338 e. The maximum atomic E-state index is 12.5. The van der Waals surface area contributed by atoms with Crippen molar-refractivity contribution in [3.63, 3.8) is 0 Å². The van der Waals surface area contributed by atoms with Crippen molar-refractivity contribution in [2.75, 3.05) is 31.1 Å². The SMILES string of the molecule is Cc1ccc(-n2ccnc2N2CCN(C(=O)c3cccs3)CC2)cc1.Cl. The number of rotatable bonds is 3. The molecule has 1 saturated heterocycles. The van der Waals surface area contributed by atoms with E-state index in [1.165, 1.54) is 16.9 Å². The van der Waals surface area contributed by atoms with E-state index in [0.29, 0.717) is 0 Å². The van der Waals surface area contributed by atoms with Crippen LogP contribution in [0.1, 0.15) is 15.2 Å². The molecular formula is C19H21ClN4OS. The van der Waals surface area contributed by atoms with Crippen LogP contribution < -0.4 is 4.90 Å². The third kappa shape index (κ3) is 3.61. The van der Waals surface area contributed by atoms with Gasteiger partial charge in [0, 0.05) is 44.3 Å². The van der Waals surface area contributed by atoms with Crippen molar-refractivity contribution in [3.05, 3.63) is 64.6 Å². The summed E-state index contributed by atoms with van der Waals surface area (Å²) in [5.41, 5.74) is 2.35. The number of piperazine rings is 1. The van der Waals surface area contributed by atoms with Crippen molar-refractivity contribution in [2.45, 2.75) is 6.92 Å². The minimum absolute atomic E-state index is 0. The number of benzene rings is 1. The van der Waals surface area contributed by atoms with Crippen LogP contribution in [-0.2, 0) is 0 Å². The standard InChI is InChI=1S/C19H20N4OS.ClH/c1-15-4-6-16(7-5-15)23-9-8-20-19(23)22-12-10-21(11-13-22)18(24)17-3-2-14-25-17;/h2-9,14H,10-13H2,1H3;1H. The fourth-order valence-corrected chi connectivity index (χ4v) is 3.79. The molecular weight excluding hydrogens is 368 g/mol. The second-order valence-electron chi connectivity index (χ2n) is 6.19. The van der Waals surface area contributed by atoms with Gasteiger partial charge in [0.15, 0.2) is 0 Å². The highest BCUT2D eigenvalue weighted by molar-refractivity contribution is 7.12. The third-order valence-electron chi connectivity index (χ3n) is 4.52. The minimum atomic E-state index is 0. The van der Waals surface area contributed by atoms with Gasteiger partial charge in [-0.2, -0.15) is 0 Å². The first-order valence-electron chi connectivity index (χ1n) is 8.40. The Kier molecular flexibility index (Phi) is 5.64. The van der Waals surface area contributed by atoms with E-state index in [0.717, 1.165) is 42.7 Å². The molecule has 3 heterocycles. The number of thiophene rings is 1. The average molecular weight is 389 g/mol. The van der Waals surface area contributed by atoms with Crippen LogP contribution in [-0.4, -0.2) is 46.5 Å². The summed E-state index contributed by atoms with van der Waals surface area (Å²) in [5.74, 6) is 1.07. The predicted octanol–water partition coefficient (Wildman–Crippen LogP) is 3.63. The first-order valence-corrected chi connectivity index (χ1v) is 9.28. The molecule has 1 aliphatic heterocycles. The van der Waals surface area contributed by atoms with Gasteiger partial charge in [0.1, 0.15) is 0 Å². The van der Waals surface area contributed by atoms with Crippen LogP contribution in [0, 0.1) is 6.92 Å². The second kappa shape index (κ2) is 7.93. The highest BCUT2D eigenvalue weighted by atomic mass is 35.5. The fraction of sp³-hybridized carbons (Fsp3) is 0.263. The fourth-order valence-electron chi connectivity index (χ4n) is 3.10. The van der Waals surface area contributed by atoms with E-state index in [2.05, 4.69) is 45.6 Å². The average Bonchev–Trinajstić information content (AvgIpc) is 3.34. The number of amides is 1. The Balaban J connectivity index is 0.00000196. The molecule has 2 aromatic heterocycles. The van der Waals surface area contributed by atoms with Crippen LogP contribution in [0.4, 0.5) is 5.95 Å². The highest BCUT2D eigenvalue weighted by Crippen LogP contribution is 2.21. The van der Waals surface area contributed by atoms with Crippen molar-refractivity contribution in [1.29, 1.82) is 0 Å². The van der Waals surface area contributed by atoms with E-state index in [1.54, 1.807) is 0 Å². The zero-order valence-electron chi connectivity index (χ0n) is 14.5. The van der Waals surface area contributed by atoms with Crippen molar-refractivity contribution in [2.24, 2.45) is 0 Å². The first kappa shape index (κ1) is 18.5. The van der Waals surface area contributed by atoms with Gasteiger partial charge in [0.2, 0.25) is 5.95 Å². The number of halogens is 1. The summed E-state index contributed by atoms with van der Waals surface area (Å²) in [5, 5.41) is 1.95. The molecule has 0 aliphatic carbocycles. The number of anilines is 1. The third-order valence-corrected chi connectivity index (χ3v) is 5.37. The monoisotopic (exact) mass is 388 g/mol. The Labute approximate surface area is 163 Å². The molecule has 3 aromatic rings. The van der Waals surface area contributed by atoms with Crippen LogP contribution in [0.3, 0.4) is 0 Å². The zero-order chi connectivity index (χ0) is 17.2. The van der Waals surface area contributed by atoms with E-state index in [4.69, 9.17) is 0 Å². The molecule has 0 saturated carbocycles. The van der Waals surface area contributed by atoms with Crippen LogP contribution in [0.15, 0.2) is 54.2 Å². The lowest BCUT2D eigenvalue weighted by Gasteiger charge is -2.35. The molecule has 1 aliphatic rings. The summed E-state index contributed by atoms with van der Waals surface area (Å²) in [4.78, 5) is 22.0. The number of carbonyl (C=O) groups is 1. The van der Waals surface area contributed by atoms with Gasteiger partial charge in [0.25, 0.3) is 5.91 Å². The van der Waals surface area contributed by atoms with Gasteiger partial charge in [-0.25, -0.2) is 4.98 Å². The van der Waals surface area contributed by atoms with Gasteiger partial charge in [-0.3, -0.25) is 9.36 Å². The number of hydrogen-bond donors (Lipinski definition) is 0. The summed E-state index contributed by atoms with van der Waals surface area (Å²) in [6.45, 7) is 5.11. The van der Waals surface area contributed by atoms with Crippen LogP contribution in [0.25, 0.3) is 5.69 Å². The van der Waals surface area contributed by atoms with Gasteiger partial charge < -0.3 is 9.80 Å². The van der Waals surface area contributed by atoms with Gasteiger partial charge in [0.05, 0.1) is 4.88 Å².